The second-order valence-electron chi connectivity index (χ2n) is 5.00. The number of azo groups is 1. The molecule has 1 fully saturated rings. The highest BCUT2D eigenvalue weighted by Crippen LogP contribution is 2.34. The number of hydrogen-bond donors (Lipinski definition) is 2. The van der Waals surface area contributed by atoms with E-state index in [-0.39, 0.29) is 17.7 Å². The Bertz CT molecular complexity index is 740. The maximum atomic E-state index is 11.8. The highest BCUT2D eigenvalue weighted by Gasteiger charge is 2.32. The van der Waals surface area contributed by atoms with Crippen LogP contribution in [-0.4, -0.2) is 11.0 Å². The molecule has 0 saturated heterocycles. The molecule has 0 radical (unpaired) electrons. The lowest BCUT2D eigenvalue weighted by molar-refractivity contribution is -0.135. The largest absolute Gasteiger partial charge is 0.424 e. The summed E-state index contributed by atoms with van der Waals surface area (Å²) in [4.78, 5) is 15.7. The van der Waals surface area contributed by atoms with Gasteiger partial charge in [0, 0.05) is 0 Å². The van der Waals surface area contributed by atoms with Crippen molar-refractivity contribution in [3.05, 3.63) is 36.4 Å². The Morgan fingerprint density at radius 2 is 1.82 bits per heavy atom. The molecule has 7 heteroatoms. The van der Waals surface area contributed by atoms with Gasteiger partial charge in [0.05, 0.1) is 5.92 Å². The smallest absolute Gasteiger partial charge is 0.314 e. The summed E-state index contributed by atoms with van der Waals surface area (Å²) in [6, 6.07) is 10.2. The summed E-state index contributed by atoms with van der Waals surface area (Å²) in [5.41, 5.74) is 12.1. The van der Waals surface area contributed by atoms with Gasteiger partial charge in [-0.25, -0.2) is 4.98 Å². The standard InChI is InChI=1S/C15H15N5O2/c16-13-8-7-11(14(17)18-13)20-19-10-3-1-2-4-12(10)22-15(21)9-5-6-9/h1-4,7-9H,5-6H2,(H4,16,17,18). The molecule has 1 aromatic carbocycles. The quantitative estimate of drug-likeness (QED) is 0.511. The summed E-state index contributed by atoms with van der Waals surface area (Å²) < 4.78 is 5.35. The molecular formula is C15H15N5O2. The van der Waals surface area contributed by atoms with Crippen LogP contribution in [-0.2, 0) is 4.79 Å². The van der Waals surface area contributed by atoms with Crippen LogP contribution < -0.4 is 16.2 Å². The van der Waals surface area contributed by atoms with Crippen molar-refractivity contribution in [2.45, 2.75) is 12.8 Å². The Kier molecular flexibility index (Phi) is 3.69. The van der Waals surface area contributed by atoms with Crippen molar-refractivity contribution in [3.8, 4) is 5.75 Å². The number of anilines is 2. The van der Waals surface area contributed by atoms with Crippen LogP contribution >= 0.6 is 0 Å². The van der Waals surface area contributed by atoms with E-state index in [0.717, 1.165) is 12.8 Å². The van der Waals surface area contributed by atoms with Gasteiger partial charge >= 0.3 is 5.97 Å². The number of nitrogens with two attached hydrogens (primary N) is 2. The molecule has 0 amide bonds. The molecule has 1 aliphatic rings. The maximum Gasteiger partial charge on any atom is 0.314 e. The molecule has 0 aliphatic heterocycles. The molecule has 7 nitrogen and oxygen atoms in total. The van der Waals surface area contributed by atoms with Crippen LogP contribution in [0.15, 0.2) is 46.6 Å². The SMILES string of the molecule is Nc1ccc(N=Nc2ccccc2OC(=O)C2CC2)c(N)n1. The lowest BCUT2D eigenvalue weighted by Crippen LogP contribution is -2.09. The van der Waals surface area contributed by atoms with E-state index >= 15 is 0 Å². The molecule has 4 N–H and O–H groups in total. The monoisotopic (exact) mass is 297 g/mol. The van der Waals surface area contributed by atoms with Crippen LogP contribution in [0.4, 0.5) is 23.0 Å². The van der Waals surface area contributed by atoms with E-state index in [4.69, 9.17) is 16.2 Å². The van der Waals surface area contributed by atoms with Gasteiger partial charge in [0.15, 0.2) is 11.6 Å². The van der Waals surface area contributed by atoms with Gasteiger partial charge in [0.25, 0.3) is 0 Å². The zero-order valence-electron chi connectivity index (χ0n) is 11.8. The van der Waals surface area contributed by atoms with Crippen molar-refractivity contribution < 1.29 is 9.53 Å². The second-order valence-corrected chi connectivity index (χ2v) is 5.00. The fraction of sp³-hybridized carbons (Fsp3) is 0.200. The van der Waals surface area contributed by atoms with E-state index in [2.05, 4.69) is 15.2 Å². The summed E-state index contributed by atoms with van der Waals surface area (Å²) in [5, 5.41) is 8.12. The molecule has 1 saturated carbocycles. The Labute approximate surface area is 127 Å². The predicted molar refractivity (Wildman–Crippen MR) is 82.0 cm³/mol. The molecule has 0 spiro atoms. The third-order valence-electron chi connectivity index (χ3n) is 3.18. The molecule has 0 bridgehead atoms. The maximum absolute atomic E-state index is 11.8. The molecule has 1 heterocycles. The van der Waals surface area contributed by atoms with E-state index in [9.17, 15) is 4.79 Å². The topological polar surface area (TPSA) is 116 Å². The number of hydrogen-bond acceptors (Lipinski definition) is 7. The number of para-hydroxylation sites is 1. The molecule has 2 aromatic rings. The second kappa shape index (κ2) is 5.80. The van der Waals surface area contributed by atoms with Gasteiger partial charge in [0.2, 0.25) is 0 Å². The van der Waals surface area contributed by atoms with Crippen molar-refractivity contribution in [2.75, 3.05) is 11.5 Å². The van der Waals surface area contributed by atoms with Crippen LogP contribution in [0, 0.1) is 5.92 Å². The highest BCUT2D eigenvalue weighted by molar-refractivity contribution is 5.78. The van der Waals surface area contributed by atoms with E-state index in [1.54, 1.807) is 36.4 Å². The molecule has 1 aliphatic carbocycles. The molecule has 0 atom stereocenters. The molecule has 3 rings (SSSR count). The van der Waals surface area contributed by atoms with Gasteiger partial charge in [-0.2, -0.15) is 0 Å². The molecule has 0 unspecified atom stereocenters. The van der Waals surface area contributed by atoms with Crippen molar-refractivity contribution in [1.82, 2.24) is 4.98 Å². The van der Waals surface area contributed by atoms with E-state index in [1.807, 2.05) is 0 Å². The Hall–Kier alpha value is -2.96. The van der Waals surface area contributed by atoms with Gasteiger partial charge in [0.1, 0.15) is 17.2 Å². The third kappa shape index (κ3) is 3.20. The fourth-order valence-corrected chi connectivity index (χ4v) is 1.81. The van der Waals surface area contributed by atoms with Crippen molar-refractivity contribution in [3.63, 3.8) is 0 Å². The van der Waals surface area contributed by atoms with Gasteiger partial charge < -0.3 is 16.2 Å². The number of nitrogens with zero attached hydrogens (tertiary/aromatic N) is 3. The summed E-state index contributed by atoms with van der Waals surface area (Å²) >= 11 is 0. The van der Waals surface area contributed by atoms with Gasteiger partial charge in [-0.1, -0.05) is 12.1 Å². The molecule has 22 heavy (non-hydrogen) atoms. The first-order valence-corrected chi connectivity index (χ1v) is 6.88. The van der Waals surface area contributed by atoms with Crippen LogP contribution in [0.3, 0.4) is 0 Å². The first-order valence-electron chi connectivity index (χ1n) is 6.88. The Morgan fingerprint density at radius 1 is 1.09 bits per heavy atom. The van der Waals surface area contributed by atoms with Gasteiger partial charge in [-0.15, -0.1) is 10.2 Å². The van der Waals surface area contributed by atoms with E-state index < -0.39 is 0 Å². The van der Waals surface area contributed by atoms with Gasteiger partial charge in [-0.3, -0.25) is 4.79 Å². The summed E-state index contributed by atoms with van der Waals surface area (Å²) in [6.07, 6.45) is 1.77. The zero-order valence-corrected chi connectivity index (χ0v) is 11.8. The highest BCUT2D eigenvalue weighted by atomic mass is 16.5. The average molecular weight is 297 g/mol. The number of benzene rings is 1. The number of carbonyl (C=O) groups excluding carboxylic acids is 1. The third-order valence-corrected chi connectivity index (χ3v) is 3.18. The molecular weight excluding hydrogens is 282 g/mol. The number of aromatic nitrogens is 1. The number of ether oxygens (including phenoxy) is 1. The number of esters is 1. The number of rotatable bonds is 4. The van der Waals surface area contributed by atoms with Gasteiger partial charge in [-0.05, 0) is 37.1 Å². The Balaban J connectivity index is 1.82. The summed E-state index contributed by atoms with van der Waals surface area (Å²) in [7, 11) is 0. The number of nitrogen functional groups attached to an aromatic ring is 2. The van der Waals surface area contributed by atoms with Crippen molar-refractivity contribution >= 4 is 29.0 Å². The van der Waals surface area contributed by atoms with Crippen molar-refractivity contribution in [2.24, 2.45) is 16.1 Å². The Morgan fingerprint density at radius 3 is 2.55 bits per heavy atom. The minimum Gasteiger partial charge on any atom is -0.424 e. The zero-order chi connectivity index (χ0) is 15.5. The molecule has 112 valence electrons. The number of pyridine rings is 1. The first kappa shape index (κ1) is 14.0. The van der Waals surface area contributed by atoms with E-state index in [1.165, 1.54) is 0 Å². The normalized spacial score (nSPS) is 14.2. The molecule has 1 aromatic heterocycles. The minimum absolute atomic E-state index is 0.0157. The van der Waals surface area contributed by atoms with E-state index in [0.29, 0.717) is 22.9 Å². The minimum atomic E-state index is -0.226. The number of carbonyl (C=O) groups is 1. The fourth-order valence-electron chi connectivity index (χ4n) is 1.81. The predicted octanol–water partition coefficient (Wildman–Crippen LogP) is 2.98. The lowest BCUT2D eigenvalue weighted by Gasteiger charge is -2.05. The van der Waals surface area contributed by atoms with Crippen LogP contribution in [0.1, 0.15) is 12.8 Å². The average Bonchev–Trinajstić information content (AvgIpc) is 3.32. The van der Waals surface area contributed by atoms with Crippen LogP contribution in [0.2, 0.25) is 0 Å². The lowest BCUT2D eigenvalue weighted by atomic mass is 10.3. The summed E-state index contributed by atoms with van der Waals surface area (Å²) in [5.74, 6) is 0.676. The first-order chi connectivity index (χ1) is 10.6. The summed E-state index contributed by atoms with van der Waals surface area (Å²) in [6.45, 7) is 0. The van der Waals surface area contributed by atoms with Crippen LogP contribution in [0.25, 0.3) is 0 Å². The van der Waals surface area contributed by atoms with Crippen molar-refractivity contribution in [1.29, 1.82) is 0 Å². The van der Waals surface area contributed by atoms with Crippen LogP contribution in [0.5, 0.6) is 5.75 Å².